The van der Waals surface area contributed by atoms with E-state index >= 15 is 0 Å². The van der Waals surface area contributed by atoms with Crippen LogP contribution in [0, 0.1) is 5.41 Å². The molecule has 1 aliphatic heterocycles. The number of nitrogen functional groups attached to an aromatic ring is 1. The molecule has 0 saturated carbocycles. The van der Waals surface area contributed by atoms with E-state index in [0.717, 1.165) is 4.90 Å². The standard InChI is InChI=1S/C22H23N5O5/c1-22(15-9-7-14(8-10-15)19(23)24)20(31)27(21(32)26-22)12-17(28)25-16(11-18(29)30)13-5-3-2-4-6-13/h2-10,16H,11-12H2,1H3,(H3,23,24)(H,25,28)(H,26,32)(H,29,30)/t16?,22-/m0/s1. The summed E-state index contributed by atoms with van der Waals surface area (Å²) in [6.07, 6.45) is -0.351. The summed E-state index contributed by atoms with van der Waals surface area (Å²) in [4.78, 5) is 50.1. The van der Waals surface area contributed by atoms with E-state index < -0.39 is 41.9 Å². The van der Waals surface area contributed by atoms with E-state index in [1.165, 1.54) is 6.92 Å². The molecule has 1 unspecified atom stereocenters. The second-order valence-corrected chi connectivity index (χ2v) is 7.57. The normalized spacial score (nSPS) is 18.7. The van der Waals surface area contributed by atoms with Crippen LogP contribution >= 0.6 is 0 Å². The van der Waals surface area contributed by atoms with Crippen molar-refractivity contribution in [2.45, 2.75) is 24.9 Å². The minimum Gasteiger partial charge on any atom is -0.481 e. The first-order valence-corrected chi connectivity index (χ1v) is 9.77. The molecule has 32 heavy (non-hydrogen) atoms. The molecular weight excluding hydrogens is 414 g/mol. The number of nitrogens with zero attached hydrogens (tertiary/aromatic N) is 1. The molecule has 2 atom stereocenters. The van der Waals surface area contributed by atoms with E-state index in [9.17, 15) is 24.3 Å². The predicted octanol–water partition coefficient (Wildman–Crippen LogP) is 1.07. The fourth-order valence-electron chi connectivity index (χ4n) is 3.52. The van der Waals surface area contributed by atoms with E-state index in [4.69, 9.17) is 11.1 Å². The van der Waals surface area contributed by atoms with Gasteiger partial charge in [-0.3, -0.25) is 24.7 Å². The Balaban J connectivity index is 1.74. The molecule has 4 amide bonds. The van der Waals surface area contributed by atoms with Crippen molar-refractivity contribution in [3.8, 4) is 0 Å². The van der Waals surface area contributed by atoms with Crippen LogP contribution in [0.2, 0.25) is 0 Å². The van der Waals surface area contributed by atoms with Gasteiger partial charge in [-0.15, -0.1) is 0 Å². The third-order valence-electron chi connectivity index (χ3n) is 5.27. The number of carboxylic acid groups (broad SMARTS) is 1. The number of hydrogen-bond donors (Lipinski definition) is 5. The number of amides is 4. The molecule has 10 heteroatoms. The Morgan fingerprint density at radius 2 is 1.78 bits per heavy atom. The fourth-order valence-corrected chi connectivity index (χ4v) is 3.52. The first-order chi connectivity index (χ1) is 15.1. The molecule has 10 nitrogen and oxygen atoms in total. The summed E-state index contributed by atoms with van der Waals surface area (Å²) in [5.41, 5.74) is 5.58. The largest absolute Gasteiger partial charge is 0.481 e. The van der Waals surface area contributed by atoms with Gasteiger partial charge in [0, 0.05) is 5.56 Å². The Bertz CT molecular complexity index is 1070. The zero-order valence-corrected chi connectivity index (χ0v) is 17.3. The fraction of sp³-hybridized carbons (Fsp3) is 0.227. The van der Waals surface area contributed by atoms with Crippen LogP contribution in [0.3, 0.4) is 0 Å². The van der Waals surface area contributed by atoms with Gasteiger partial charge in [0.05, 0.1) is 12.5 Å². The molecule has 1 aliphatic rings. The Kier molecular flexibility index (Phi) is 6.24. The number of nitrogens with two attached hydrogens (primary N) is 1. The minimum atomic E-state index is -1.40. The van der Waals surface area contributed by atoms with Gasteiger partial charge in [0.25, 0.3) is 5.91 Å². The summed E-state index contributed by atoms with van der Waals surface area (Å²) < 4.78 is 0. The van der Waals surface area contributed by atoms with Gasteiger partial charge in [-0.25, -0.2) is 4.79 Å². The molecule has 0 radical (unpaired) electrons. The molecule has 6 N–H and O–H groups in total. The molecule has 3 rings (SSSR count). The smallest absolute Gasteiger partial charge is 0.325 e. The van der Waals surface area contributed by atoms with E-state index in [0.29, 0.717) is 16.7 Å². The maximum atomic E-state index is 13.0. The maximum absolute atomic E-state index is 13.0. The van der Waals surface area contributed by atoms with Crippen LogP contribution in [0.5, 0.6) is 0 Å². The van der Waals surface area contributed by atoms with Crippen LogP contribution in [0.25, 0.3) is 0 Å². The lowest BCUT2D eigenvalue weighted by Gasteiger charge is -2.23. The number of hydrogen-bond acceptors (Lipinski definition) is 5. The number of benzene rings is 2. The monoisotopic (exact) mass is 437 g/mol. The average molecular weight is 437 g/mol. The summed E-state index contributed by atoms with van der Waals surface area (Å²) >= 11 is 0. The van der Waals surface area contributed by atoms with Gasteiger partial charge in [0.1, 0.15) is 17.9 Å². The number of carboxylic acids is 1. The number of nitrogens with one attached hydrogen (secondary N) is 3. The maximum Gasteiger partial charge on any atom is 0.325 e. The second kappa shape index (κ2) is 8.88. The molecule has 0 aliphatic carbocycles. The number of carbonyl (C=O) groups is 4. The number of rotatable bonds is 8. The van der Waals surface area contributed by atoms with Crippen molar-refractivity contribution in [2.24, 2.45) is 5.73 Å². The molecule has 2 aromatic carbocycles. The van der Waals surface area contributed by atoms with Crippen LogP contribution < -0.4 is 16.4 Å². The molecular formula is C22H23N5O5. The molecule has 2 aromatic rings. The van der Waals surface area contributed by atoms with Crippen molar-refractivity contribution >= 4 is 29.7 Å². The lowest BCUT2D eigenvalue weighted by molar-refractivity contribution is -0.138. The Morgan fingerprint density at radius 1 is 1.16 bits per heavy atom. The van der Waals surface area contributed by atoms with Crippen LogP contribution in [-0.4, -0.2) is 46.2 Å². The lowest BCUT2D eigenvalue weighted by Crippen LogP contribution is -2.44. The van der Waals surface area contributed by atoms with Gasteiger partial charge in [-0.2, -0.15) is 0 Å². The Labute approximate surface area is 183 Å². The summed E-state index contributed by atoms with van der Waals surface area (Å²) in [6.45, 7) is 0.958. The highest BCUT2D eigenvalue weighted by molar-refractivity contribution is 6.09. The SMILES string of the molecule is C[C@@]1(c2ccc(C(=N)N)cc2)NC(=O)N(CC(=O)NC(CC(=O)O)c2ccccc2)C1=O. The van der Waals surface area contributed by atoms with E-state index in [2.05, 4.69) is 10.6 Å². The number of carbonyl (C=O) groups excluding carboxylic acids is 3. The van der Waals surface area contributed by atoms with Crippen molar-refractivity contribution in [1.29, 1.82) is 5.41 Å². The molecule has 1 heterocycles. The number of amidine groups is 1. The highest BCUT2D eigenvalue weighted by Crippen LogP contribution is 2.29. The average Bonchev–Trinajstić information content (AvgIpc) is 2.97. The zero-order valence-electron chi connectivity index (χ0n) is 17.3. The van der Waals surface area contributed by atoms with Crippen molar-refractivity contribution in [3.63, 3.8) is 0 Å². The second-order valence-electron chi connectivity index (χ2n) is 7.57. The van der Waals surface area contributed by atoms with Crippen molar-refractivity contribution in [2.75, 3.05) is 6.54 Å². The van der Waals surface area contributed by atoms with Gasteiger partial charge >= 0.3 is 12.0 Å². The van der Waals surface area contributed by atoms with E-state index in [1.54, 1.807) is 54.6 Å². The Morgan fingerprint density at radius 3 is 2.34 bits per heavy atom. The van der Waals surface area contributed by atoms with E-state index in [1.807, 2.05) is 0 Å². The predicted molar refractivity (Wildman–Crippen MR) is 115 cm³/mol. The van der Waals surface area contributed by atoms with Gasteiger partial charge in [0.15, 0.2) is 0 Å². The van der Waals surface area contributed by atoms with Crippen molar-refractivity contribution in [3.05, 3.63) is 71.3 Å². The highest BCUT2D eigenvalue weighted by atomic mass is 16.4. The Hall–Kier alpha value is -4.21. The van der Waals surface area contributed by atoms with Gasteiger partial charge in [-0.05, 0) is 18.1 Å². The summed E-state index contributed by atoms with van der Waals surface area (Å²) in [7, 11) is 0. The molecule has 1 saturated heterocycles. The van der Waals surface area contributed by atoms with Crippen molar-refractivity contribution in [1.82, 2.24) is 15.5 Å². The van der Waals surface area contributed by atoms with Crippen LogP contribution in [-0.2, 0) is 19.9 Å². The minimum absolute atomic E-state index is 0.129. The molecule has 0 spiro atoms. The lowest BCUT2D eigenvalue weighted by atomic mass is 9.91. The van der Waals surface area contributed by atoms with E-state index in [-0.39, 0.29) is 12.3 Å². The highest BCUT2D eigenvalue weighted by Gasteiger charge is 2.49. The molecule has 0 bridgehead atoms. The molecule has 0 aromatic heterocycles. The molecule has 166 valence electrons. The van der Waals surface area contributed by atoms with Gasteiger partial charge < -0.3 is 21.5 Å². The van der Waals surface area contributed by atoms with Gasteiger partial charge in [0.2, 0.25) is 5.91 Å². The quantitative estimate of drug-likeness (QED) is 0.235. The third-order valence-corrected chi connectivity index (χ3v) is 5.27. The first-order valence-electron chi connectivity index (χ1n) is 9.77. The first kappa shape index (κ1) is 22.5. The van der Waals surface area contributed by atoms with Crippen LogP contribution in [0.15, 0.2) is 54.6 Å². The summed E-state index contributed by atoms with van der Waals surface area (Å²) in [5.74, 6) is -2.52. The number of urea groups is 1. The number of imide groups is 1. The zero-order chi connectivity index (χ0) is 23.5. The van der Waals surface area contributed by atoms with Crippen LogP contribution in [0.1, 0.15) is 36.1 Å². The van der Waals surface area contributed by atoms with Crippen molar-refractivity contribution < 1.29 is 24.3 Å². The topological polar surface area (TPSA) is 166 Å². The summed E-state index contributed by atoms with van der Waals surface area (Å²) in [6, 6.07) is 13.3. The molecule has 1 fully saturated rings. The number of aliphatic carboxylic acids is 1. The summed E-state index contributed by atoms with van der Waals surface area (Å²) in [5, 5.41) is 21.8. The third kappa shape index (κ3) is 4.59. The van der Waals surface area contributed by atoms with Crippen LogP contribution in [0.4, 0.5) is 4.79 Å². The van der Waals surface area contributed by atoms with Gasteiger partial charge in [-0.1, -0.05) is 54.6 Å².